The lowest BCUT2D eigenvalue weighted by atomic mass is 9.82. The summed E-state index contributed by atoms with van der Waals surface area (Å²) in [7, 11) is 1.61. The molecule has 0 heterocycles. The highest BCUT2D eigenvalue weighted by Gasteiger charge is 2.35. The molecule has 2 nitrogen and oxygen atoms in total. The van der Waals surface area contributed by atoms with E-state index in [4.69, 9.17) is 4.74 Å². The van der Waals surface area contributed by atoms with Crippen LogP contribution in [0.1, 0.15) is 18.1 Å². The fourth-order valence-electron chi connectivity index (χ4n) is 1.94. The van der Waals surface area contributed by atoms with Gasteiger partial charge in [-0.1, -0.05) is 36.4 Å². The number of hydrogen-bond donors (Lipinski definition) is 1. The van der Waals surface area contributed by atoms with Gasteiger partial charge in [0.2, 0.25) is 0 Å². The number of ether oxygens (including phenoxy) is 1. The number of hydrogen-bond acceptors (Lipinski definition) is 2. The summed E-state index contributed by atoms with van der Waals surface area (Å²) in [5, 5.41) is 10.3. The van der Waals surface area contributed by atoms with Gasteiger partial charge in [0.05, 0.1) is 0 Å². The molecule has 0 saturated carbocycles. The molecule has 2 atom stereocenters. The molecular formula is C12H14O2. The average Bonchev–Trinajstić information content (AvgIpc) is 2.18. The number of fused-ring (bicyclic) bond motifs is 1. The molecule has 0 aliphatic heterocycles. The lowest BCUT2D eigenvalue weighted by molar-refractivity contribution is -0.0635. The lowest BCUT2D eigenvalue weighted by Crippen LogP contribution is -2.38. The van der Waals surface area contributed by atoms with Crippen LogP contribution in [-0.4, -0.2) is 18.3 Å². The Hall–Kier alpha value is -1.12. The highest BCUT2D eigenvalue weighted by Crippen LogP contribution is 2.34. The summed E-state index contributed by atoms with van der Waals surface area (Å²) in [6, 6.07) is 7.82. The van der Waals surface area contributed by atoms with Crippen LogP contribution in [0.25, 0.3) is 6.08 Å². The molecule has 0 radical (unpaired) electrons. The summed E-state index contributed by atoms with van der Waals surface area (Å²) < 4.78 is 5.23. The second-order valence-electron chi connectivity index (χ2n) is 3.75. The van der Waals surface area contributed by atoms with Crippen LogP contribution in [-0.2, 0) is 10.3 Å². The Morgan fingerprint density at radius 2 is 2.07 bits per heavy atom. The fraction of sp³-hybridized carbons (Fsp3) is 0.333. The minimum absolute atomic E-state index is 0.266. The molecule has 1 N–H and O–H groups in total. The molecule has 0 spiro atoms. The van der Waals surface area contributed by atoms with Gasteiger partial charge in [-0.05, 0) is 18.1 Å². The van der Waals surface area contributed by atoms with Crippen molar-refractivity contribution in [3.63, 3.8) is 0 Å². The highest BCUT2D eigenvalue weighted by molar-refractivity contribution is 5.59. The topological polar surface area (TPSA) is 29.5 Å². The first-order valence-corrected chi connectivity index (χ1v) is 4.69. The van der Waals surface area contributed by atoms with Crippen LogP contribution >= 0.6 is 0 Å². The van der Waals surface area contributed by atoms with Crippen molar-refractivity contribution >= 4 is 6.08 Å². The normalized spacial score (nSPS) is 30.1. The molecule has 0 aromatic heterocycles. The van der Waals surface area contributed by atoms with Gasteiger partial charge in [-0.2, -0.15) is 0 Å². The zero-order valence-corrected chi connectivity index (χ0v) is 8.40. The predicted molar refractivity (Wildman–Crippen MR) is 55.8 cm³/mol. The van der Waals surface area contributed by atoms with Gasteiger partial charge in [-0.15, -0.1) is 0 Å². The summed E-state index contributed by atoms with van der Waals surface area (Å²) in [6.07, 6.45) is 3.61. The Bertz CT molecular complexity index is 366. The Labute approximate surface area is 83.8 Å². The molecule has 0 amide bonds. The number of aliphatic hydroxyl groups is 1. The van der Waals surface area contributed by atoms with Crippen molar-refractivity contribution in [1.82, 2.24) is 0 Å². The predicted octanol–water partition coefficient (Wildman–Crippen LogP) is 1.94. The van der Waals surface area contributed by atoms with E-state index in [9.17, 15) is 5.11 Å². The standard InChI is InChI=1S/C12H14O2/c1-12(13)10-6-4-3-5-9(10)7-8-11(12)14-2/h3-8,11,13H,1-2H3/t11-,12-/m0/s1. The van der Waals surface area contributed by atoms with Crippen molar-refractivity contribution in [3.8, 4) is 0 Å². The van der Waals surface area contributed by atoms with Crippen LogP contribution in [0.3, 0.4) is 0 Å². The third-order valence-electron chi connectivity index (χ3n) is 2.76. The highest BCUT2D eigenvalue weighted by atomic mass is 16.5. The molecule has 0 bridgehead atoms. The summed E-state index contributed by atoms with van der Waals surface area (Å²) in [5.41, 5.74) is 1.06. The average molecular weight is 190 g/mol. The maximum atomic E-state index is 10.3. The van der Waals surface area contributed by atoms with E-state index in [1.165, 1.54) is 0 Å². The van der Waals surface area contributed by atoms with Gasteiger partial charge in [0.1, 0.15) is 11.7 Å². The number of methoxy groups -OCH3 is 1. The molecule has 2 rings (SSSR count). The fourth-order valence-corrected chi connectivity index (χ4v) is 1.94. The molecule has 0 saturated heterocycles. The van der Waals surface area contributed by atoms with Crippen molar-refractivity contribution in [3.05, 3.63) is 41.5 Å². The van der Waals surface area contributed by atoms with E-state index in [-0.39, 0.29) is 6.10 Å². The Morgan fingerprint density at radius 1 is 1.36 bits per heavy atom. The van der Waals surface area contributed by atoms with Gasteiger partial charge in [0.15, 0.2) is 0 Å². The van der Waals surface area contributed by atoms with Crippen molar-refractivity contribution in [2.24, 2.45) is 0 Å². The minimum Gasteiger partial charge on any atom is -0.382 e. The summed E-state index contributed by atoms with van der Waals surface area (Å²) in [4.78, 5) is 0. The van der Waals surface area contributed by atoms with Gasteiger partial charge in [-0.25, -0.2) is 0 Å². The molecular weight excluding hydrogens is 176 g/mol. The molecule has 0 fully saturated rings. The van der Waals surface area contributed by atoms with E-state index < -0.39 is 5.60 Å². The van der Waals surface area contributed by atoms with Gasteiger partial charge in [-0.3, -0.25) is 0 Å². The molecule has 1 aromatic carbocycles. The summed E-state index contributed by atoms with van der Waals surface area (Å²) in [5.74, 6) is 0. The molecule has 0 unspecified atom stereocenters. The first kappa shape index (κ1) is 9.44. The molecule has 1 aliphatic rings. The lowest BCUT2D eigenvalue weighted by Gasteiger charge is -2.34. The first-order valence-electron chi connectivity index (χ1n) is 4.69. The zero-order valence-electron chi connectivity index (χ0n) is 8.40. The Balaban J connectivity index is 2.54. The summed E-state index contributed by atoms with van der Waals surface area (Å²) in [6.45, 7) is 1.78. The molecule has 2 heteroatoms. The van der Waals surface area contributed by atoms with Crippen LogP contribution in [0.4, 0.5) is 0 Å². The van der Waals surface area contributed by atoms with Crippen molar-refractivity contribution in [2.75, 3.05) is 7.11 Å². The van der Waals surface area contributed by atoms with Gasteiger partial charge >= 0.3 is 0 Å². The van der Waals surface area contributed by atoms with Crippen molar-refractivity contribution in [2.45, 2.75) is 18.6 Å². The molecule has 1 aromatic rings. The SMILES string of the molecule is CO[C@H]1C=Cc2ccccc2[C@]1(C)O. The summed E-state index contributed by atoms with van der Waals surface area (Å²) >= 11 is 0. The van der Waals surface area contributed by atoms with Crippen LogP contribution in [0, 0.1) is 0 Å². The van der Waals surface area contributed by atoms with E-state index in [2.05, 4.69) is 0 Å². The van der Waals surface area contributed by atoms with Crippen LogP contribution in [0.2, 0.25) is 0 Å². The van der Waals surface area contributed by atoms with E-state index in [0.717, 1.165) is 11.1 Å². The smallest absolute Gasteiger partial charge is 0.117 e. The van der Waals surface area contributed by atoms with Gasteiger partial charge in [0.25, 0.3) is 0 Å². The second kappa shape index (κ2) is 3.23. The van der Waals surface area contributed by atoms with Gasteiger partial charge < -0.3 is 9.84 Å². The number of benzene rings is 1. The quantitative estimate of drug-likeness (QED) is 0.733. The Kier molecular flexibility index (Phi) is 2.17. The van der Waals surface area contributed by atoms with Gasteiger partial charge in [0, 0.05) is 7.11 Å². The molecule has 1 aliphatic carbocycles. The second-order valence-corrected chi connectivity index (χ2v) is 3.75. The maximum absolute atomic E-state index is 10.3. The third-order valence-corrected chi connectivity index (χ3v) is 2.76. The van der Waals surface area contributed by atoms with Crippen molar-refractivity contribution < 1.29 is 9.84 Å². The van der Waals surface area contributed by atoms with Crippen LogP contribution in [0.5, 0.6) is 0 Å². The minimum atomic E-state index is -0.930. The number of rotatable bonds is 1. The zero-order chi connectivity index (χ0) is 10.2. The van der Waals surface area contributed by atoms with Crippen LogP contribution < -0.4 is 0 Å². The maximum Gasteiger partial charge on any atom is 0.117 e. The van der Waals surface area contributed by atoms with E-state index in [1.807, 2.05) is 36.4 Å². The van der Waals surface area contributed by atoms with Crippen molar-refractivity contribution in [1.29, 1.82) is 0 Å². The Morgan fingerprint density at radius 3 is 2.79 bits per heavy atom. The monoisotopic (exact) mass is 190 g/mol. The largest absolute Gasteiger partial charge is 0.382 e. The first-order chi connectivity index (χ1) is 6.66. The molecule has 74 valence electrons. The van der Waals surface area contributed by atoms with E-state index >= 15 is 0 Å². The van der Waals surface area contributed by atoms with Crippen LogP contribution in [0.15, 0.2) is 30.3 Å². The molecule has 14 heavy (non-hydrogen) atoms. The third kappa shape index (κ3) is 1.27. The van der Waals surface area contributed by atoms with E-state index in [0.29, 0.717) is 0 Å². The van der Waals surface area contributed by atoms with E-state index in [1.54, 1.807) is 14.0 Å².